The van der Waals surface area contributed by atoms with E-state index in [1.165, 1.54) is 6.07 Å². The van der Waals surface area contributed by atoms with Gasteiger partial charge in [0.2, 0.25) is 0 Å². The van der Waals surface area contributed by atoms with Crippen molar-refractivity contribution in [3.05, 3.63) is 53.6 Å². The van der Waals surface area contributed by atoms with E-state index in [2.05, 4.69) is 18.9 Å². The van der Waals surface area contributed by atoms with Gasteiger partial charge >= 0.3 is 0 Å². The first-order valence-electron chi connectivity index (χ1n) is 6.12. The number of hydrogen-bond acceptors (Lipinski definition) is 2. The van der Waals surface area contributed by atoms with E-state index in [1.807, 2.05) is 16.9 Å². The highest BCUT2D eigenvalue weighted by atomic mass is 19.1. The van der Waals surface area contributed by atoms with Crippen LogP contribution < -0.4 is 5.73 Å². The quantitative estimate of drug-likeness (QED) is 0.902. The lowest BCUT2D eigenvalue weighted by molar-refractivity contribution is 0.520. The van der Waals surface area contributed by atoms with Crippen molar-refractivity contribution in [1.29, 1.82) is 0 Å². The molecule has 0 radical (unpaired) electrons. The number of rotatable bonds is 4. The van der Waals surface area contributed by atoms with Gasteiger partial charge in [0, 0.05) is 30.3 Å². The lowest BCUT2D eigenvalue weighted by atomic mass is 10.0. The van der Waals surface area contributed by atoms with Crippen molar-refractivity contribution in [2.45, 2.75) is 32.4 Å². The van der Waals surface area contributed by atoms with Crippen molar-refractivity contribution >= 4 is 0 Å². The Labute approximate surface area is 106 Å². The minimum atomic E-state index is -0.360. The zero-order valence-corrected chi connectivity index (χ0v) is 10.7. The van der Waals surface area contributed by atoms with Gasteiger partial charge in [0.05, 0.1) is 5.69 Å². The molecule has 0 aliphatic carbocycles. The van der Waals surface area contributed by atoms with Gasteiger partial charge in [-0.3, -0.25) is 4.68 Å². The van der Waals surface area contributed by atoms with Gasteiger partial charge in [-0.1, -0.05) is 18.2 Å². The van der Waals surface area contributed by atoms with Gasteiger partial charge in [0.15, 0.2) is 0 Å². The van der Waals surface area contributed by atoms with Crippen LogP contribution in [0.15, 0.2) is 36.5 Å². The van der Waals surface area contributed by atoms with Crippen LogP contribution in [0.3, 0.4) is 0 Å². The van der Waals surface area contributed by atoms with Gasteiger partial charge in [-0.2, -0.15) is 5.10 Å². The molecule has 0 saturated carbocycles. The average molecular weight is 247 g/mol. The standard InChI is InChI=1S/C14H18FN3/c1-10(2)18-8-7-11(17-18)9-14(16)12-5-3-4-6-13(12)15/h3-8,10,14H,9,16H2,1-2H3. The van der Waals surface area contributed by atoms with E-state index in [4.69, 9.17) is 5.73 Å². The largest absolute Gasteiger partial charge is 0.324 e. The molecule has 1 aromatic carbocycles. The second-order valence-corrected chi connectivity index (χ2v) is 4.71. The number of nitrogens with zero attached hydrogens (tertiary/aromatic N) is 2. The van der Waals surface area contributed by atoms with E-state index in [1.54, 1.807) is 18.2 Å². The summed E-state index contributed by atoms with van der Waals surface area (Å²) < 4.78 is 15.4. The first-order chi connectivity index (χ1) is 8.58. The first kappa shape index (κ1) is 12.8. The summed E-state index contributed by atoms with van der Waals surface area (Å²) in [4.78, 5) is 0. The Balaban J connectivity index is 2.11. The van der Waals surface area contributed by atoms with Crippen LogP contribution in [0.25, 0.3) is 0 Å². The molecule has 2 aromatic rings. The van der Waals surface area contributed by atoms with Crippen LogP contribution >= 0.6 is 0 Å². The van der Waals surface area contributed by atoms with Crippen molar-refractivity contribution in [1.82, 2.24) is 9.78 Å². The number of aromatic nitrogens is 2. The van der Waals surface area contributed by atoms with Gasteiger partial charge in [-0.15, -0.1) is 0 Å². The molecule has 1 atom stereocenters. The van der Waals surface area contributed by atoms with E-state index in [-0.39, 0.29) is 11.9 Å². The summed E-state index contributed by atoms with van der Waals surface area (Å²) in [5, 5.41) is 4.42. The van der Waals surface area contributed by atoms with Crippen molar-refractivity contribution in [2.24, 2.45) is 5.73 Å². The van der Waals surface area contributed by atoms with E-state index in [0.29, 0.717) is 18.0 Å². The third kappa shape index (κ3) is 2.76. The molecule has 0 spiro atoms. The van der Waals surface area contributed by atoms with E-state index in [0.717, 1.165) is 5.69 Å². The molecule has 0 aliphatic rings. The van der Waals surface area contributed by atoms with Crippen LogP contribution in [-0.4, -0.2) is 9.78 Å². The highest BCUT2D eigenvalue weighted by Gasteiger charge is 2.13. The number of halogens is 1. The Hall–Kier alpha value is -1.68. The molecule has 1 heterocycles. The summed E-state index contributed by atoms with van der Waals surface area (Å²) in [6.07, 6.45) is 2.47. The van der Waals surface area contributed by atoms with Crippen LogP contribution in [0.2, 0.25) is 0 Å². The molecule has 1 aromatic heterocycles. The fourth-order valence-electron chi connectivity index (χ4n) is 1.88. The molecule has 3 nitrogen and oxygen atoms in total. The van der Waals surface area contributed by atoms with E-state index in [9.17, 15) is 4.39 Å². The Bertz CT molecular complexity index is 519. The molecule has 0 amide bonds. The smallest absolute Gasteiger partial charge is 0.127 e. The summed E-state index contributed by atoms with van der Waals surface area (Å²) in [6, 6.07) is 8.51. The molecule has 0 fully saturated rings. The number of nitrogens with two attached hydrogens (primary N) is 1. The molecule has 2 N–H and O–H groups in total. The van der Waals surface area contributed by atoms with Crippen LogP contribution in [0, 0.1) is 5.82 Å². The number of benzene rings is 1. The zero-order chi connectivity index (χ0) is 13.1. The molecule has 0 bridgehead atoms. The average Bonchev–Trinajstić information content (AvgIpc) is 2.78. The minimum absolute atomic E-state index is 0.256. The Kier molecular flexibility index (Phi) is 3.77. The summed E-state index contributed by atoms with van der Waals surface area (Å²) in [6.45, 7) is 4.13. The highest BCUT2D eigenvalue weighted by molar-refractivity contribution is 5.22. The van der Waals surface area contributed by atoms with Gasteiger partial charge in [-0.05, 0) is 26.0 Å². The fourth-order valence-corrected chi connectivity index (χ4v) is 1.88. The van der Waals surface area contributed by atoms with Crippen LogP contribution in [0.4, 0.5) is 4.39 Å². The van der Waals surface area contributed by atoms with Crippen LogP contribution in [-0.2, 0) is 6.42 Å². The first-order valence-corrected chi connectivity index (χ1v) is 6.12. The monoisotopic (exact) mass is 247 g/mol. The Morgan fingerprint density at radius 3 is 2.61 bits per heavy atom. The molecule has 0 saturated heterocycles. The summed E-state index contributed by atoms with van der Waals surface area (Å²) in [5.41, 5.74) is 7.45. The Morgan fingerprint density at radius 2 is 2.00 bits per heavy atom. The molecule has 2 rings (SSSR count). The predicted molar refractivity (Wildman–Crippen MR) is 69.6 cm³/mol. The van der Waals surface area contributed by atoms with E-state index >= 15 is 0 Å². The van der Waals surface area contributed by atoms with Crippen molar-refractivity contribution in [3.63, 3.8) is 0 Å². The van der Waals surface area contributed by atoms with Gasteiger partial charge < -0.3 is 5.73 Å². The second-order valence-electron chi connectivity index (χ2n) is 4.71. The summed E-state index contributed by atoms with van der Waals surface area (Å²) in [7, 11) is 0. The number of hydrogen-bond donors (Lipinski definition) is 1. The van der Waals surface area contributed by atoms with Gasteiger partial charge in [0.25, 0.3) is 0 Å². The lowest BCUT2D eigenvalue weighted by Gasteiger charge is -2.11. The lowest BCUT2D eigenvalue weighted by Crippen LogP contribution is -2.15. The molecule has 18 heavy (non-hydrogen) atoms. The second kappa shape index (κ2) is 5.31. The highest BCUT2D eigenvalue weighted by Crippen LogP contribution is 2.18. The Morgan fingerprint density at radius 1 is 1.28 bits per heavy atom. The van der Waals surface area contributed by atoms with Gasteiger partial charge in [0.1, 0.15) is 5.82 Å². The maximum atomic E-state index is 13.6. The molecular weight excluding hydrogens is 229 g/mol. The predicted octanol–water partition coefficient (Wildman–Crippen LogP) is 2.85. The van der Waals surface area contributed by atoms with Crippen LogP contribution in [0.5, 0.6) is 0 Å². The maximum Gasteiger partial charge on any atom is 0.127 e. The van der Waals surface area contributed by atoms with Crippen molar-refractivity contribution < 1.29 is 4.39 Å². The SMILES string of the molecule is CC(C)n1ccc(CC(N)c2ccccc2F)n1. The normalized spacial score (nSPS) is 12.9. The van der Waals surface area contributed by atoms with Crippen molar-refractivity contribution in [2.75, 3.05) is 0 Å². The fraction of sp³-hybridized carbons (Fsp3) is 0.357. The third-order valence-corrected chi connectivity index (χ3v) is 2.93. The molecule has 4 heteroatoms. The van der Waals surface area contributed by atoms with Crippen molar-refractivity contribution in [3.8, 4) is 0 Å². The summed E-state index contributed by atoms with van der Waals surface area (Å²) in [5.74, 6) is -0.256. The van der Waals surface area contributed by atoms with E-state index < -0.39 is 0 Å². The van der Waals surface area contributed by atoms with Crippen LogP contribution in [0.1, 0.15) is 37.2 Å². The topological polar surface area (TPSA) is 43.8 Å². The minimum Gasteiger partial charge on any atom is -0.324 e. The zero-order valence-electron chi connectivity index (χ0n) is 10.7. The molecule has 0 aliphatic heterocycles. The maximum absolute atomic E-state index is 13.6. The molecule has 1 unspecified atom stereocenters. The third-order valence-electron chi connectivity index (χ3n) is 2.93. The molecule has 96 valence electrons. The molecular formula is C14H18FN3. The van der Waals surface area contributed by atoms with Gasteiger partial charge in [-0.25, -0.2) is 4.39 Å². The summed E-state index contributed by atoms with van der Waals surface area (Å²) >= 11 is 0.